The lowest BCUT2D eigenvalue weighted by atomic mass is 10.0. The molecule has 1 rings (SSSR count). The zero-order valence-corrected chi connectivity index (χ0v) is 11.7. The van der Waals surface area contributed by atoms with E-state index in [9.17, 15) is 21.6 Å². The molecule has 0 atom stereocenters. The van der Waals surface area contributed by atoms with Gasteiger partial charge in [0.1, 0.15) is 10.6 Å². The number of hydrogen-bond acceptors (Lipinski definition) is 3. The van der Waals surface area contributed by atoms with Crippen LogP contribution in [0.15, 0.2) is 23.1 Å². The zero-order chi connectivity index (χ0) is 14.8. The van der Waals surface area contributed by atoms with Crippen LogP contribution in [0.5, 0.6) is 5.75 Å². The van der Waals surface area contributed by atoms with Crippen LogP contribution in [0.2, 0.25) is 0 Å². The first-order valence-electron chi connectivity index (χ1n) is 5.29. The highest BCUT2D eigenvalue weighted by atomic mass is 35.7. The van der Waals surface area contributed by atoms with E-state index in [2.05, 4.69) is 4.74 Å². The second-order valence-corrected chi connectivity index (χ2v) is 6.74. The number of benzene rings is 1. The predicted molar refractivity (Wildman–Crippen MR) is 65.1 cm³/mol. The Morgan fingerprint density at radius 3 is 2.32 bits per heavy atom. The van der Waals surface area contributed by atoms with Crippen molar-refractivity contribution in [3.8, 4) is 5.75 Å². The number of alkyl halides is 3. The molecule has 0 fully saturated rings. The van der Waals surface area contributed by atoms with Gasteiger partial charge in [-0.2, -0.15) is 13.2 Å². The first kappa shape index (κ1) is 16.1. The predicted octanol–water partition coefficient (Wildman–Crippen LogP) is 3.68. The van der Waals surface area contributed by atoms with Gasteiger partial charge in [0.05, 0.1) is 0 Å². The summed E-state index contributed by atoms with van der Waals surface area (Å²) in [5.74, 6) is -0.398. The van der Waals surface area contributed by atoms with Crippen molar-refractivity contribution in [2.75, 3.05) is 6.61 Å². The molecule has 0 amide bonds. The van der Waals surface area contributed by atoms with E-state index < -0.39 is 32.5 Å². The molecule has 0 aliphatic heterocycles. The molecule has 3 nitrogen and oxygen atoms in total. The average Bonchev–Trinajstić information content (AvgIpc) is 2.23. The van der Waals surface area contributed by atoms with Gasteiger partial charge in [0.2, 0.25) is 0 Å². The SMILES string of the molecule is CC(C)c1ccc(OCC(F)(F)F)c(S(=O)(=O)Cl)c1. The van der Waals surface area contributed by atoms with Gasteiger partial charge in [-0.3, -0.25) is 0 Å². The van der Waals surface area contributed by atoms with Gasteiger partial charge in [-0.1, -0.05) is 19.9 Å². The Morgan fingerprint density at radius 2 is 1.89 bits per heavy atom. The van der Waals surface area contributed by atoms with Gasteiger partial charge in [0.15, 0.2) is 6.61 Å². The van der Waals surface area contributed by atoms with E-state index in [-0.39, 0.29) is 5.92 Å². The van der Waals surface area contributed by atoms with E-state index in [4.69, 9.17) is 10.7 Å². The van der Waals surface area contributed by atoms with Crippen molar-refractivity contribution in [1.29, 1.82) is 0 Å². The van der Waals surface area contributed by atoms with Crippen LogP contribution in [0.3, 0.4) is 0 Å². The molecule has 1 aromatic carbocycles. The minimum Gasteiger partial charge on any atom is -0.483 e. The summed E-state index contributed by atoms with van der Waals surface area (Å²) in [6.07, 6.45) is -4.55. The molecule has 0 unspecified atom stereocenters. The van der Waals surface area contributed by atoms with Crippen LogP contribution in [0, 0.1) is 0 Å². The molecular formula is C11H12ClF3O3S. The first-order valence-corrected chi connectivity index (χ1v) is 7.60. The summed E-state index contributed by atoms with van der Waals surface area (Å²) in [4.78, 5) is -0.454. The van der Waals surface area contributed by atoms with Gasteiger partial charge in [0, 0.05) is 10.7 Å². The Morgan fingerprint density at radius 1 is 1.32 bits per heavy atom. The van der Waals surface area contributed by atoms with Crippen molar-refractivity contribution in [2.24, 2.45) is 0 Å². The average molecular weight is 317 g/mol. The van der Waals surface area contributed by atoms with Gasteiger partial charge >= 0.3 is 6.18 Å². The molecular weight excluding hydrogens is 305 g/mol. The second kappa shape index (κ2) is 5.58. The number of rotatable bonds is 4. The van der Waals surface area contributed by atoms with Crippen molar-refractivity contribution in [3.63, 3.8) is 0 Å². The van der Waals surface area contributed by atoms with Crippen molar-refractivity contribution in [2.45, 2.75) is 30.8 Å². The third-order valence-electron chi connectivity index (χ3n) is 2.29. The second-order valence-electron chi connectivity index (χ2n) is 4.20. The lowest BCUT2D eigenvalue weighted by Gasteiger charge is -2.14. The molecule has 8 heteroatoms. The molecule has 0 aliphatic rings. The molecule has 19 heavy (non-hydrogen) atoms. The maximum Gasteiger partial charge on any atom is 0.422 e. The lowest BCUT2D eigenvalue weighted by Crippen LogP contribution is -2.20. The molecule has 108 valence electrons. The molecule has 0 aliphatic carbocycles. The highest BCUT2D eigenvalue weighted by Crippen LogP contribution is 2.31. The van der Waals surface area contributed by atoms with Crippen LogP contribution in [0.4, 0.5) is 13.2 Å². The fourth-order valence-electron chi connectivity index (χ4n) is 1.35. The van der Waals surface area contributed by atoms with Crippen LogP contribution < -0.4 is 4.74 Å². The van der Waals surface area contributed by atoms with E-state index >= 15 is 0 Å². The van der Waals surface area contributed by atoms with E-state index in [1.165, 1.54) is 18.2 Å². The van der Waals surface area contributed by atoms with Gasteiger partial charge in [-0.25, -0.2) is 8.42 Å². The van der Waals surface area contributed by atoms with Crippen molar-refractivity contribution in [1.82, 2.24) is 0 Å². The molecule has 0 N–H and O–H groups in total. The fourth-order valence-corrected chi connectivity index (χ4v) is 2.36. The summed E-state index contributed by atoms with van der Waals surface area (Å²) >= 11 is 0. The van der Waals surface area contributed by atoms with Crippen LogP contribution in [0.1, 0.15) is 25.3 Å². The van der Waals surface area contributed by atoms with Gasteiger partial charge in [-0.15, -0.1) is 0 Å². The summed E-state index contributed by atoms with van der Waals surface area (Å²) in [7, 11) is 1.02. The molecule has 1 aromatic rings. The highest BCUT2D eigenvalue weighted by Gasteiger charge is 2.30. The summed E-state index contributed by atoms with van der Waals surface area (Å²) in [5.41, 5.74) is 0.638. The fraction of sp³-hybridized carbons (Fsp3) is 0.455. The Kier molecular flexibility index (Phi) is 4.73. The van der Waals surface area contributed by atoms with E-state index in [0.717, 1.165) is 0 Å². The van der Waals surface area contributed by atoms with Gasteiger partial charge in [0.25, 0.3) is 9.05 Å². The van der Waals surface area contributed by atoms with Crippen LogP contribution in [0.25, 0.3) is 0 Å². The Labute approximate surface area is 113 Å². The smallest absolute Gasteiger partial charge is 0.422 e. The summed E-state index contributed by atoms with van der Waals surface area (Å²) in [5, 5.41) is 0. The highest BCUT2D eigenvalue weighted by molar-refractivity contribution is 8.13. The van der Waals surface area contributed by atoms with Crippen LogP contribution in [-0.4, -0.2) is 21.2 Å². The maximum absolute atomic E-state index is 12.1. The quantitative estimate of drug-likeness (QED) is 0.796. The normalized spacial score (nSPS) is 12.8. The molecule has 0 bridgehead atoms. The largest absolute Gasteiger partial charge is 0.483 e. The molecule has 0 radical (unpaired) electrons. The molecule has 0 spiro atoms. The molecule has 0 saturated carbocycles. The minimum absolute atomic E-state index is 0.00818. The standard InChI is InChI=1S/C11H12ClF3O3S/c1-7(2)8-3-4-9(18-6-11(13,14)15)10(5-8)19(12,16)17/h3-5,7H,6H2,1-2H3. The molecule has 0 aromatic heterocycles. The summed E-state index contributed by atoms with van der Waals surface area (Å²) in [6.45, 7) is 2.06. The third kappa shape index (κ3) is 4.91. The molecule has 0 saturated heterocycles. The van der Waals surface area contributed by atoms with Crippen LogP contribution >= 0.6 is 10.7 Å². The van der Waals surface area contributed by atoms with Crippen LogP contribution in [-0.2, 0) is 9.05 Å². The number of ether oxygens (including phenoxy) is 1. The van der Waals surface area contributed by atoms with Crippen molar-refractivity contribution < 1.29 is 26.3 Å². The first-order chi connectivity index (χ1) is 8.50. The topological polar surface area (TPSA) is 43.4 Å². The number of hydrogen-bond donors (Lipinski definition) is 0. The zero-order valence-electron chi connectivity index (χ0n) is 10.2. The third-order valence-corrected chi connectivity index (χ3v) is 3.63. The maximum atomic E-state index is 12.1. The Bertz CT molecular complexity index is 553. The van der Waals surface area contributed by atoms with Crippen molar-refractivity contribution >= 4 is 19.7 Å². The summed E-state index contributed by atoms with van der Waals surface area (Å²) in [6, 6.07) is 3.90. The number of halogens is 4. The minimum atomic E-state index is -4.55. The van der Waals surface area contributed by atoms with Gasteiger partial charge in [-0.05, 0) is 23.6 Å². The van der Waals surface area contributed by atoms with E-state index in [0.29, 0.717) is 5.56 Å². The van der Waals surface area contributed by atoms with Crippen molar-refractivity contribution in [3.05, 3.63) is 23.8 Å². The lowest BCUT2D eigenvalue weighted by molar-refractivity contribution is -0.153. The molecule has 0 heterocycles. The van der Waals surface area contributed by atoms with E-state index in [1.807, 2.05) is 13.8 Å². The van der Waals surface area contributed by atoms with E-state index in [1.54, 1.807) is 0 Å². The summed E-state index contributed by atoms with van der Waals surface area (Å²) < 4.78 is 63.4. The van der Waals surface area contributed by atoms with Gasteiger partial charge < -0.3 is 4.74 Å². The monoisotopic (exact) mass is 316 g/mol. The Balaban J connectivity index is 3.18. The Hall–Kier alpha value is -0.950.